The molecule has 3 N–H and O–H groups in total. The summed E-state index contributed by atoms with van der Waals surface area (Å²) in [4.78, 5) is 12.4. The van der Waals surface area contributed by atoms with Crippen LogP contribution >= 0.6 is 0 Å². The fourth-order valence-corrected chi connectivity index (χ4v) is 2.85. The van der Waals surface area contributed by atoms with E-state index in [0.29, 0.717) is 16.9 Å². The van der Waals surface area contributed by atoms with Crippen molar-refractivity contribution in [3.8, 4) is 11.3 Å². The number of hydrogen-bond donors (Lipinski definition) is 3. The van der Waals surface area contributed by atoms with Gasteiger partial charge in [-0.15, -0.1) is 0 Å². The van der Waals surface area contributed by atoms with Crippen LogP contribution in [0.4, 0.5) is 15.8 Å². The van der Waals surface area contributed by atoms with E-state index in [-0.39, 0.29) is 17.2 Å². The van der Waals surface area contributed by atoms with Gasteiger partial charge in [-0.1, -0.05) is 12.1 Å². The van der Waals surface area contributed by atoms with Gasteiger partial charge < -0.3 is 5.32 Å². The first-order valence-corrected chi connectivity index (χ1v) is 9.40. The minimum Gasteiger partial charge on any atom is -0.319 e. The molecule has 0 radical (unpaired) electrons. The molecule has 2 aromatic carbocycles. The number of nitrogens with zero attached hydrogens (tertiary/aromatic N) is 1. The average Bonchev–Trinajstić information content (AvgIpc) is 3.06. The van der Waals surface area contributed by atoms with E-state index in [0.717, 1.165) is 6.26 Å². The van der Waals surface area contributed by atoms with E-state index in [9.17, 15) is 17.6 Å². The van der Waals surface area contributed by atoms with Gasteiger partial charge in [0.05, 0.1) is 23.3 Å². The van der Waals surface area contributed by atoms with E-state index in [1.54, 1.807) is 30.3 Å². The topological polar surface area (TPSA) is 104 Å². The Balaban J connectivity index is 1.80. The van der Waals surface area contributed by atoms with Crippen molar-refractivity contribution in [1.82, 2.24) is 10.2 Å². The summed E-state index contributed by atoms with van der Waals surface area (Å²) in [5.74, 6) is -0.856. The van der Waals surface area contributed by atoms with Crippen LogP contribution in [0, 0.1) is 5.82 Å². The summed E-state index contributed by atoms with van der Waals surface area (Å²) in [5, 5.41) is 9.28. The molecule has 9 heteroatoms. The standard InChI is InChI=1S/C17H15FN4O3S/c1-26(24,25)22-14-5-3-2-4-13(14)19-17(23)16-10-15(20-21-16)11-6-8-12(18)9-7-11/h2-10,22H,1H3,(H,19,23)(H,20,21). The van der Waals surface area contributed by atoms with Crippen LogP contribution in [0.1, 0.15) is 10.5 Å². The molecule has 0 atom stereocenters. The third-order valence-corrected chi connectivity index (χ3v) is 4.02. The number of halogens is 1. The van der Waals surface area contributed by atoms with Crippen LogP contribution in [0.3, 0.4) is 0 Å². The van der Waals surface area contributed by atoms with Crippen molar-refractivity contribution in [1.29, 1.82) is 0 Å². The zero-order valence-electron chi connectivity index (χ0n) is 13.7. The van der Waals surface area contributed by atoms with Crippen molar-refractivity contribution >= 4 is 27.3 Å². The number of rotatable bonds is 5. The van der Waals surface area contributed by atoms with Gasteiger partial charge in [0.2, 0.25) is 10.0 Å². The molecular weight excluding hydrogens is 359 g/mol. The summed E-state index contributed by atoms with van der Waals surface area (Å²) in [5.41, 5.74) is 1.87. The summed E-state index contributed by atoms with van der Waals surface area (Å²) in [7, 11) is -3.49. The molecule has 0 bridgehead atoms. The number of carbonyl (C=O) groups is 1. The molecule has 3 aromatic rings. The largest absolute Gasteiger partial charge is 0.319 e. The van der Waals surface area contributed by atoms with E-state index in [2.05, 4.69) is 20.2 Å². The van der Waals surface area contributed by atoms with Gasteiger partial charge in [-0.25, -0.2) is 12.8 Å². The third kappa shape index (κ3) is 4.25. The third-order valence-electron chi connectivity index (χ3n) is 3.43. The Kier molecular flexibility index (Phi) is 4.72. The minimum absolute atomic E-state index is 0.179. The number of amides is 1. The minimum atomic E-state index is -3.49. The number of aromatic amines is 1. The number of benzene rings is 2. The molecule has 0 aliphatic heterocycles. The van der Waals surface area contributed by atoms with Crippen molar-refractivity contribution in [2.75, 3.05) is 16.3 Å². The lowest BCUT2D eigenvalue weighted by Crippen LogP contribution is -2.16. The Bertz CT molecular complexity index is 1050. The van der Waals surface area contributed by atoms with E-state index in [1.807, 2.05) is 0 Å². The fraction of sp³-hybridized carbons (Fsp3) is 0.0588. The van der Waals surface area contributed by atoms with Crippen molar-refractivity contribution < 1.29 is 17.6 Å². The van der Waals surface area contributed by atoms with Gasteiger partial charge in [0.25, 0.3) is 5.91 Å². The smallest absolute Gasteiger partial charge is 0.273 e. The highest BCUT2D eigenvalue weighted by Crippen LogP contribution is 2.23. The van der Waals surface area contributed by atoms with Crippen molar-refractivity contribution in [3.63, 3.8) is 0 Å². The number of carbonyl (C=O) groups excluding carboxylic acids is 1. The van der Waals surface area contributed by atoms with E-state index < -0.39 is 15.9 Å². The molecule has 0 aliphatic carbocycles. The Morgan fingerprint density at radius 1 is 1.08 bits per heavy atom. The molecule has 1 aromatic heterocycles. The molecule has 3 rings (SSSR count). The Hall–Kier alpha value is -3.20. The van der Waals surface area contributed by atoms with E-state index >= 15 is 0 Å². The van der Waals surface area contributed by atoms with Gasteiger partial charge in [0.1, 0.15) is 11.5 Å². The maximum atomic E-state index is 13.0. The second-order valence-electron chi connectivity index (χ2n) is 5.55. The van der Waals surface area contributed by atoms with Crippen molar-refractivity contribution in [2.24, 2.45) is 0 Å². The number of aromatic nitrogens is 2. The first kappa shape index (κ1) is 17.6. The summed E-state index contributed by atoms with van der Waals surface area (Å²) >= 11 is 0. The van der Waals surface area contributed by atoms with Crippen LogP contribution in [0.15, 0.2) is 54.6 Å². The Morgan fingerprint density at radius 3 is 2.38 bits per heavy atom. The molecule has 1 heterocycles. The molecule has 0 aliphatic rings. The van der Waals surface area contributed by atoms with Crippen LogP contribution in [0.2, 0.25) is 0 Å². The summed E-state index contributed by atoms with van der Waals surface area (Å²) in [6, 6.07) is 13.7. The second kappa shape index (κ2) is 6.96. The monoisotopic (exact) mass is 374 g/mol. The fourth-order valence-electron chi connectivity index (χ4n) is 2.28. The van der Waals surface area contributed by atoms with Crippen LogP contribution in [-0.4, -0.2) is 30.8 Å². The maximum Gasteiger partial charge on any atom is 0.273 e. The summed E-state index contributed by atoms with van der Waals surface area (Å²) in [6.45, 7) is 0. The maximum absolute atomic E-state index is 13.0. The molecule has 1 amide bonds. The van der Waals surface area contributed by atoms with Gasteiger partial charge in [-0.05, 0) is 42.5 Å². The summed E-state index contributed by atoms with van der Waals surface area (Å²) < 4.78 is 38.2. The number of nitrogens with one attached hydrogen (secondary N) is 3. The number of hydrogen-bond acceptors (Lipinski definition) is 4. The van der Waals surface area contributed by atoms with E-state index in [4.69, 9.17) is 0 Å². The number of para-hydroxylation sites is 2. The summed E-state index contributed by atoms with van der Waals surface area (Å²) in [6.07, 6.45) is 1.02. The molecule has 0 fully saturated rings. The molecule has 0 saturated heterocycles. The SMILES string of the molecule is CS(=O)(=O)Nc1ccccc1NC(=O)c1cc(-c2ccc(F)cc2)n[nH]1. The zero-order chi connectivity index (χ0) is 18.7. The van der Waals surface area contributed by atoms with Crippen molar-refractivity contribution in [2.45, 2.75) is 0 Å². The Morgan fingerprint density at radius 2 is 1.73 bits per heavy atom. The van der Waals surface area contributed by atoms with Gasteiger partial charge in [0, 0.05) is 5.56 Å². The quantitative estimate of drug-likeness (QED) is 0.639. The number of sulfonamides is 1. The van der Waals surface area contributed by atoms with Crippen LogP contribution in [0.25, 0.3) is 11.3 Å². The highest BCUT2D eigenvalue weighted by Gasteiger charge is 2.14. The highest BCUT2D eigenvalue weighted by atomic mass is 32.2. The lowest BCUT2D eigenvalue weighted by atomic mass is 10.1. The molecule has 7 nitrogen and oxygen atoms in total. The molecule has 134 valence electrons. The highest BCUT2D eigenvalue weighted by molar-refractivity contribution is 7.92. The van der Waals surface area contributed by atoms with Gasteiger partial charge in [-0.3, -0.25) is 14.6 Å². The molecular formula is C17H15FN4O3S. The van der Waals surface area contributed by atoms with Gasteiger partial charge in [-0.2, -0.15) is 5.10 Å². The zero-order valence-corrected chi connectivity index (χ0v) is 14.5. The second-order valence-corrected chi connectivity index (χ2v) is 7.30. The molecule has 0 spiro atoms. The van der Waals surface area contributed by atoms with Gasteiger partial charge in [0.15, 0.2) is 0 Å². The average molecular weight is 374 g/mol. The molecule has 26 heavy (non-hydrogen) atoms. The first-order chi connectivity index (χ1) is 12.3. The van der Waals surface area contributed by atoms with Crippen LogP contribution < -0.4 is 10.0 Å². The van der Waals surface area contributed by atoms with Crippen LogP contribution in [-0.2, 0) is 10.0 Å². The first-order valence-electron chi connectivity index (χ1n) is 7.51. The normalized spacial score (nSPS) is 11.2. The van der Waals surface area contributed by atoms with Crippen molar-refractivity contribution in [3.05, 3.63) is 66.1 Å². The van der Waals surface area contributed by atoms with Crippen LogP contribution in [0.5, 0.6) is 0 Å². The Labute approximate surface area is 149 Å². The van der Waals surface area contributed by atoms with E-state index in [1.165, 1.54) is 24.3 Å². The van der Waals surface area contributed by atoms with Gasteiger partial charge >= 0.3 is 0 Å². The predicted octanol–water partition coefficient (Wildman–Crippen LogP) is 2.84. The molecule has 0 unspecified atom stereocenters. The number of anilines is 2. The lowest BCUT2D eigenvalue weighted by molar-refractivity contribution is 0.102. The number of H-pyrrole nitrogens is 1. The lowest BCUT2D eigenvalue weighted by Gasteiger charge is -2.11. The predicted molar refractivity (Wildman–Crippen MR) is 96.8 cm³/mol. The molecule has 0 saturated carbocycles.